The van der Waals surface area contributed by atoms with Gasteiger partial charge in [0, 0.05) is 38.3 Å². The normalized spacial score (nSPS) is 11.4. The van der Waals surface area contributed by atoms with Gasteiger partial charge < -0.3 is 10.1 Å². The van der Waals surface area contributed by atoms with Crippen molar-refractivity contribution in [1.29, 1.82) is 0 Å². The van der Waals surface area contributed by atoms with Crippen molar-refractivity contribution in [2.75, 3.05) is 13.1 Å². The topological polar surface area (TPSA) is 88.6 Å². The molecule has 34 heavy (non-hydrogen) atoms. The highest BCUT2D eigenvalue weighted by molar-refractivity contribution is 7.89. The molecular formula is C26H31N3O4S. The molecular weight excluding hydrogens is 450 g/mol. The molecule has 7 nitrogen and oxygen atoms in total. The third-order valence-corrected chi connectivity index (χ3v) is 7.49. The number of nitrogens with one attached hydrogen (secondary N) is 1. The maximum atomic E-state index is 12.6. The molecule has 0 saturated heterocycles. The summed E-state index contributed by atoms with van der Waals surface area (Å²) in [6, 6.07) is 20.3. The van der Waals surface area contributed by atoms with Crippen molar-refractivity contribution in [3.63, 3.8) is 0 Å². The Morgan fingerprint density at radius 3 is 2.32 bits per heavy atom. The van der Waals surface area contributed by atoms with E-state index in [2.05, 4.69) is 10.3 Å². The van der Waals surface area contributed by atoms with E-state index in [0.717, 1.165) is 16.7 Å². The first-order valence-electron chi connectivity index (χ1n) is 11.4. The summed E-state index contributed by atoms with van der Waals surface area (Å²) in [4.78, 5) is 16.8. The minimum Gasteiger partial charge on any atom is -0.473 e. The summed E-state index contributed by atoms with van der Waals surface area (Å²) in [7, 11) is -3.47. The summed E-state index contributed by atoms with van der Waals surface area (Å²) in [5.41, 5.74) is 2.87. The van der Waals surface area contributed by atoms with Gasteiger partial charge in [-0.1, -0.05) is 56.3 Å². The Morgan fingerprint density at radius 1 is 0.941 bits per heavy atom. The number of benzene rings is 2. The SMILES string of the molecule is CCN(CC)S(=O)(=O)c1ccc(CCC(=O)NCc2ccnc(OCc3ccccc3)c2)cc1. The Balaban J connectivity index is 1.46. The zero-order valence-corrected chi connectivity index (χ0v) is 20.4. The smallest absolute Gasteiger partial charge is 0.243 e. The molecule has 0 atom stereocenters. The number of pyridine rings is 1. The number of hydrogen-bond acceptors (Lipinski definition) is 5. The number of carbonyl (C=O) groups is 1. The van der Waals surface area contributed by atoms with Gasteiger partial charge in [0.1, 0.15) is 6.61 Å². The molecule has 0 aliphatic rings. The van der Waals surface area contributed by atoms with E-state index in [4.69, 9.17) is 4.74 Å². The lowest BCUT2D eigenvalue weighted by Crippen LogP contribution is -2.30. The third-order valence-electron chi connectivity index (χ3n) is 5.43. The van der Waals surface area contributed by atoms with Crippen molar-refractivity contribution < 1.29 is 17.9 Å². The van der Waals surface area contributed by atoms with Gasteiger partial charge in [0.05, 0.1) is 4.90 Å². The van der Waals surface area contributed by atoms with Gasteiger partial charge in [-0.05, 0) is 41.3 Å². The van der Waals surface area contributed by atoms with Gasteiger partial charge in [0.25, 0.3) is 0 Å². The van der Waals surface area contributed by atoms with Crippen LogP contribution in [0.5, 0.6) is 5.88 Å². The standard InChI is InChI=1S/C26H31N3O4S/c1-3-29(4-2)34(31,32)24-13-10-21(11-14-24)12-15-25(30)28-19-23-16-17-27-26(18-23)33-20-22-8-6-5-7-9-22/h5-11,13-14,16-18H,3-4,12,15,19-20H2,1-2H3,(H,28,30). The molecule has 3 rings (SSSR count). The second-order valence-electron chi connectivity index (χ2n) is 7.79. The number of ether oxygens (including phenoxy) is 1. The fourth-order valence-corrected chi connectivity index (χ4v) is 4.92. The summed E-state index contributed by atoms with van der Waals surface area (Å²) in [6.07, 6.45) is 2.50. The second-order valence-corrected chi connectivity index (χ2v) is 9.72. The Bertz CT molecular complexity index is 1160. The monoisotopic (exact) mass is 481 g/mol. The van der Waals surface area contributed by atoms with Crippen LogP contribution in [0.4, 0.5) is 0 Å². The molecule has 3 aromatic rings. The maximum Gasteiger partial charge on any atom is 0.243 e. The molecule has 0 bridgehead atoms. The first kappa shape index (κ1) is 25.4. The number of aromatic nitrogens is 1. The van der Waals surface area contributed by atoms with Crippen molar-refractivity contribution in [2.24, 2.45) is 0 Å². The number of aryl methyl sites for hydroxylation is 1. The van der Waals surface area contributed by atoms with Crippen LogP contribution in [0.2, 0.25) is 0 Å². The van der Waals surface area contributed by atoms with Crippen LogP contribution in [0.25, 0.3) is 0 Å². The number of sulfonamides is 1. The van der Waals surface area contributed by atoms with Gasteiger partial charge >= 0.3 is 0 Å². The third kappa shape index (κ3) is 7.13. The van der Waals surface area contributed by atoms with Crippen LogP contribution in [0, 0.1) is 0 Å². The van der Waals surface area contributed by atoms with E-state index in [1.165, 1.54) is 4.31 Å². The zero-order chi connectivity index (χ0) is 24.4. The lowest BCUT2D eigenvalue weighted by atomic mass is 10.1. The average molecular weight is 482 g/mol. The van der Waals surface area contributed by atoms with Crippen LogP contribution < -0.4 is 10.1 Å². The highest BCUT2D eigenvalue weighted by atomic mass is 32.2. The van der Waals surface area contributed by atoms with E-state index < -0.39 is 10.0 Å². The lowest BCUT2D eigenvalue weighted by molar-refractivity contribution is -0.121. The molecule has 0 radical (unpaired) electrons. The summed E-state index contributed by atoms with van der Waals surface area (Å²) in [5, 5.41) is 2.91. The van der Waals surface area contributed by atoms with E-state index in [1.807, 2.05) is 56.3 Å². The average Bonchev–Trinajstić information content (AvgIpc) is 2.86. The maximum absolute atomic E-state index is 12.6. The zero-order valence-electron chi connectivity index (χ0n) is 19.6. The van der Waals surface area contributed by atoms with E-state index in [9.17, 15) is 13.2 Å². The first-order chi connectivity index (χ1) is 16.4. The van der Waals surface area contributed by atoms with Crippen LogP contribution in [0.1, 0.15) is 37.0 Å². The van der Waals surface area contributed by atoms with Crippen molar-refractivity contribution in [3.05, 3.63) is 89.6 Å². The predicted molar refractivity (Wildman–Crippen MR) is 132 cm³/mol. The molecule has 0 spiro atoms. The van der Waals surface area contributed by atoms with Crippen LogP contribution in [0.3, 0.4) is 0 Å². The molecule has 8 heteroatoms. The van der Waals surface area contributed by atoms with Crippen molar-refractivity contribution in [1.82, 2.24) is 14.6 Å². The van der Waals surface area contributed by atoms with E-state index >= 15 is 0 Å². The molecule has 2 aromatic carbocycles. The highest BCUT2D eigenvalue weighted by Crippen LogP contribution is 2.17. The lowest BCUT2D eigenvalue weighted by Gasteiger charge is -2.18. The number of rotatable bonds is 12. The summed E-state index contributed by atoms with van der Waals surface area (Å²) in [5.74, 6) is 0.429. The predicted octanol–water partition coefficient (Wildman–Crippen LogP) is 3.94. The van der Waals surface area contributed by atoms with E-state index in [-0.39, 0.29) is 10.8 Å². The minimum atomic E-state index is -3.47. The van der Waals surface area contributed by atoms with Crippen LogP contribution in [-0.2, 0) is 34.4 Å². The fourth-order valence-electron chi connectivity index (χ4n) is 3.46. The quantitative estimate of drug-likeness (QED) is 0.423. The Labute approximate surface area is 201 Å². The molecule has 0 saturated carbocycles. The summed E-state index contributed by atoms with van der Waals surface area (Å²) >= 11 is 0. The van der Waals surface area contributed by atoms with E-state index in [1.54, 1.807) is 30.5 Å². The van der Waals surface area contributed by atoms with Crippen molar-refractivity contribution >= 4 is 15.9 Å². The van der Waals surface area contributed by atoms with Crippen molar-refractivity contribution in [2.45, 2.75) is 44.7 Å². The molecule has 1 heterocycles. The van der Waals surface area contributed by atoms with Crippen LogP contribution in [-0.4, -0.2) is 36.7 Å². The largest absolute Gasteiger partial charge is 0.473 e. The molecule has 1 amide bonds. The minimum absolute atomic E-state index is 0.0802. The van der Waals surface area contributed by atoms with Gasteiger partial charge in [0.15, 0.2) is 0 Å². The molecule has 0 aliphatic carbocycles. The molecule has 0 unspecified atom stereocenters. The van der Waals surface area contributed by atoms with E-state index in [0.29, 0.717) is 45.0 Å². The van der Waals surface area contributed by atoms with Gasteiger partial charge in [-0.15, -0.1) is 0 Å². The van der Waals surface area contributed by atoms with Crippen LogP contribution >= 0.6 is 0 Å². The fraction of sp³-hybridized carbons (Fsp3) is 0.308. The summed E-state index contributed by atoms with van der Waals surface area (Å²) in [6.45, 7) is 5.30. The second kappa shape index (κ2) is 12.3. The Hall–Kier alpha value is -3.23. The molecule has 0 aliphatic heterocycles. The Morgan fingerprint density at radius 2 is 1.65 bits per heavy atom. The number of hydrogen-bond donors (Lipinski definition) is 1. The molecule has 1 aromatic heterocycles. The van der Waals surface area contributed by atoms with Gasteiger partial charge in [0.2, 0.25) is 21.8 Å². The van der Waals surface area contributed by atoms with Gasteiger partial charge in [-0.3, -0.25) is 4.79 Å². The molecule has 0 fully saturated rings. The summed E-state index contributed by atoms with van der Waals surface area (Å²) < 4.78 is 32.3. The van der Waals surface area contributed by atoms with Gasteiger partial charge in [-0.2, -0.15) is 4.31 Å². The van der Waals surface area contributed by atoms with Gasteiger partial charge in [-0.25, -0.2) is 13.4 Å². The first-order valence-corrected chi connectivity index (χ1v) is 12.8. The highest BCUT2D eigenvalue weighted by Gasteiger charge is 2.21. The molecule has 180 valence electrons. The van der Waals surface area contributed by atoms with Crippen molar-refractivity contribution in [3.8, 4) is 5.88 Å². The number of nitrogens with zero attached hydrogens (tertiary/aromatic N) is 2. The number of amides is 1. The molecule has 1 N–H and O–H groups in total. The Kier molecular flexibility index (Phi) is 9.18. The number of carbonyl (C=O) groups excluding carboxylic acids is 1. The van der Waals surface area contributed by atoms with Crippen LogP contribution in [0.15, 0.2) is 77.8 Å².